The van der Waals surface area contributed by atoms with Crippen molar-refractivity contribution in [3.8, 4) is 0 Å². The Morgan fingerprint density at radius 3 is 2.35 bits per heavy atom. The number of halogens is 3. The Morgan fingerprint density at radius 2 is 1.85 bits per heavy atom. The minimum atomic E-state index is -4.33. The fraction of sp³-hybridized carbons (Fsp3) is 0.500. The first kappa shape index (κ1) is 16.5. The Kier molecular flexibility index (Phi) is 6.01. The summed E-state index contributed by atoms with van der Waals surface area (Å²) in [5, 5.41) is 5.77. The van der Waals surface area contributed by atoms with Gasteiger partial charge >= 0.3 is 6.18 Å². The fourth-order valence-electron chi connectivity index (χ4n) is 1.63. The van der Waals surface area contributed by atoms with Gasteiger partial charge in [-0.25, -0.2) is 0 Å². The van der Waals surface area contributed by atoms with E-state index in [4.69, 9.17) is 0 Å². The van der Waals surface area contributed by atoms with Gasteiger partial charge in [0.15, 0.2) is 0 Å². The van der Waals surface area contributed by atoms with Crippen molar-refractivity contribution in [1.82, 2.24) is 10.6 Å². The zero-order valence-electron chi connectivity index (χ0n) is 11.6. The summed E-state index contributed by atoms with van der Waals surface area (Å²) in [5.41, 5.74) is -0.0462. The summed E-state index contributed by atoms with van der Waals surface area (Å²) < 4.78 is 37.1. The first-order valence-corrected chi connectivity index (χ1v) is 6.49. The van der Waals surface area contributed by atoms with E-state index in [1.165, 1.54) is 12.1 Å². The SMILES string of the molecule is CCNCC(C)C(=O)NCc1ccc(C(F)(F)F)cc1. The second kappa shape index (κ2) is 7.28. The molecule has 1 atom stereocenters. The lowest BCUT2D eigenvalue weighted by Crippen LogP contribution is -2.34. The van der Waals surface area contributed by atoms with Gasteiger partial charge in [-0.15, -0.1) is 0 Å². The Hall–Kier alpha value is -1.56. The normalized spacial score (nSPS) is 13.1. The molecule has 0 spiro atoms. The van der Waals surface area contributed by atoms with Crippen LogP contribution in [0.4, 0.5) is 13.2 Å². The molecule has 3 nitrogen and oxygen atoms in total. The lowest BCUT2D eigenvalue weighted by molar-refractivity contribution is -0.137. The van der Waals surface area contributed by atoms with Gasteiger partial charge in [0.2, 0.25) is 5.91 Å². The maximum absolute atomic E-state index is 12.4. The van der Waals surface area contributed by atoms with E-state index in [-0.39, 0.29) is 18.4 Å². The number of carbonyl (C=O) groups excluding carboxylic acids is 1. The lowest BCUT2D eigenvalue weighted by Gasteiger charge is -2.13. The number of hydrogen-bond acceptors (Lipinski definition) is 2. The molecule has 1 amide bonds. The van der Waals surface area contributed by atoms with Crippen molar-refractivity contribution in [2.45, 2.75) is 26.6 Å². The third kappa shape index (κ3) is 5.21. The van der Waals surface area contributed by atoms with E-state index in [1.54, 1.807) is 6.92 Å². The molecule has 6 heteroatoms. The maximum Gasteiger partial charge on any atom is 0.416 e. The molecule has 0 aliphatic heterocycles. The first-order valence-electron chi connectivity index (χ1n) is 6.49. The summed E-state index contributed by atoms with van der Waals surface area (Å²) in [5.74, 6) is -0.296. The van der Waals surface area contributed by atoms with Crippen molar-refractivity contribution in [3.05, 3.63) is 35.4 Å². The average molecular weight is 288 g/mol. The third-order valence-electron chi connectivity index (χ3n) is 2.90. The molecule has 20 heavy (non-hydrogen) atoms. The van der Waals surface area contributed by atoms with E-state index in [0.29, 0.717) is 12.1 Å². The third-order valence-corrected chi connectivity index (χ3v) is 2.90. The summed E-state index contributed by atoms with van der Waals surface area (Å²) in [6.45, 7) is 5.34. The van der Waals surface area contributed by atoms with Crippen molar-refractivity contribution in [2.75, 3.05) is 13.1 Å². The minimum Gasteiger partial charge on any atom is -0.352 e. The van der Waals surface area contributed by atoms with Gasteiger partial charge in [0.25, 0.3) is 0 Å². The highest BCUT2D eigenvalue weighted by atomic mass is 19.4. The van der Waals surface area contributed by atoms with E-state index in [0.717, 1.165) is 18.7 Å². The van der Waals surface area contributed by atoms with E-state index in [9.17, 15) is 18.0 Å². The summed E-state index contributed by atoms with van der Waals surface area (Å²) in [4.78, 5) is 11.7. The van der Waals surface area contributed by atoms with Crippen molar-refractivity contribution >= 4 is 5.91 Å². The van der Waals surface area contributed by atoms with Gasteiger partial charge in [-0.05, 0) is 24.2 Å². The quantitative estimate of drug-likeness (QED) is 0.844. The zero-order valence-corrected chi connectivity index (χ0v) is 11.6. The Labute approximate surface area is 116 Å². The van der Waals surface area contributed by atoms with Crippen LogP contribution in [0.5, 0.6) is 0 Å². The lowest BCUT2D eigenvalue weighted by atomic mass is 10.1. The molecule has 1 unspecified atom stereocenters. The minimum absolute atomic E-state index is 0.120. The molecular formula is C14H19F3N2O. The van der Waals surface area contributed by atoms with Crippen LogP contribution in [0.1, 0.15) is 25.0 Å². The van der Waals surface area contributed by atoms with Gasteiger partial charge in [-0.2, -0.15) is 13.2 Å². The molecule has 0 saturated heterocycles. The monoisotopic (exact) mass is 288 g/mol. The molecule has 0 radical (unpaired) electrons. The summed E-state index contributed by atoms with van der Waals surface area (Å²) in [6.07, 6.45) is -4.33. The highest BCUT2D eigenvalue weighted by Crippen LogP contribution is 2.28. The van der Waals surface area contributed by atoms with Crippen LogP contribution in [0.2, 0.25) is 0 Å². The van der Waals surface area contributed by atoms with Crippen LogP contribution in [0.15, 0.2) is 24.3 Å². The van der Waals surface area contributed by atoms with Crippen LogP contribution in [0, 0.1) is 5.92 Å². The van der Waals surface area contributed by atoms with Crippen LogP contribution in [0.3, 0.4) is 0 Å². The average Bonchev–Trinajstić information content (AvgIpc) is 2.41. The zero-order chi connectivity index (χ0) is 15.2. The summed E-state index contributed by atoms with van der Waals surface area (Å²) in [7, 11) is 0. The van der Waals surface area contributed by atoms with Crippen LogP contribution < -0.4 is 10.6 Å². The highest BCUT2D eigenvalue weighted by Gasteiger charge is 2.29. The molecule has 1 aromatic carbocycles. The molecule has 1 rings (SSSR count). The molecule has 0 bridgehead atoms. The number of nitrogens with one attached hydrogen (secondary N) is 2. The molecule has 2 N–H and O–H groups in total. The fourth-order valence-corrected chi connectivity index (χ4v) is 1.63. The van der Waals surface area contributed by atoms with Crippen LogP contribution in [0.25, 0.3) is 0 Å². The van der Waals surface area contributed by atoms with E-state index in [1.807, 2.05) is 6.92 Å². The molecule has 0 aliphatic rings. The molecule has 0 heterocycles. The van der Waals surface area contributed by atoms with Crippen LogP contribution in [-0.2, 0) is 17.5 Å². The molecular weight excluding hydrogens is 269 g/mol. The number of rotatable bonds is 6. The largest absolute Gasteiger partial charge is 0.416 e. The van der Waals surface area contributed by atoms with E-state index < -0.39 is 11.7 Å². The van der Waals surface area contributed by atoms with Crippen molar-refractivity contribution in [1.29, 1.82) is 0 Å². The van der Waals surface area contributed by atoms with E-state index >= 15 is 0 Å². The smallest absolute Gasteiger partial charge is 0.352 e. The second-order valence-corrected chi connectivity index (χ2v) is 4.62. The van der Waals surface area contributed by atoms with E-state index in [2.05, 4.69) is 10.6 Å². The van der Waals surface area contributed by atoms with Gasteiger partial charge in [0, 0.05) is 19.0 Å². The van der Waals surface area contributed by atoms with Crippen LogP contribution in [-0.4, -0.2) is 19.0 Å². The molecule has 1 aromatic rings. The predicted octanol–water partition coefficient (Wildman–Crippen LogP) is 2.57. The standard InChI is InChI=1S/C14H19F3N2O/c1-3-18-8-10(2)13(20)19-9-11-4-6-12(7-5-11)14(15,16)17/h4-7,10,18H,3,8-9H2,1-2H3,(H,19,20). The Morgan fingerprint density at radius 1 is 1.25 bits per heavy atom. The van der Waals surface area contributed by atoms with Crippen molar-refractivity contribution in [2.24, 2.45) is 5.92 Å². The number of hydrogen-bond donors (Lipinski definition) is 2. The van der Waals surface area contributed by atoms with Gasteiger partial charge in [0.05, 0.1) is 5.56 Å². The Balaban J connectivity index is 2.48. The molecule has 0 aliphatic carbocycles. The topological polar surface area (TPSA) is 41.1 Å². The number of amides is 1. The van der Waals surface area contributed by atoms with Gasteiger partial charge in [-0.3, -0.25) is 4.79 Å². The Bertz CT molecular complexity index is 429. The molecule has 0 fully saturated rings. The highest BCUT2D eigenvalue weighted by molar-refractivity contribution is 5.78. The van der Waals surface area contributed by atoms with Crippen molar-refractivity contribution in [3.63, 3.8) is 0 Å². The summed E-state index contributed by atoms with van der Waals surface area (Å²) in [6, 6.07) is 4.78. The number of carbonyl (C=O) groups is 1. The maximum atomic E-state index is 12.4. The van der Waals surface area contributed by atoms with Gasteiger partial charge in [-0.1, -0.05) is 26.0 Å². The molecule has 0 saturated carbocycles. The number of alkyl halides is 3. The summed E-state index contributed by atoms with van der Waals surface area (Å²) >= 11 is 0. The van der Waals surface area contributed by atoms with Crippen LogP contribution >= 0.6 is 0 Å². The number of benzene rings is 1. The first-order chi connectivity index (χ1) is 9.34. The molecule has 112 valence electrons. The second-order valence-electron chi connectivity index (χ2n) is 4.62. The van der Waals surface area contributed by atoms with Crippen molar-refractivity contribution < 1.29 is 18.0 Å². The van der Waals surface area contributed by atoms with Gasteiger partial charge < -0.3 is 10.6 Å². The predicted molar refractivity (Wildman–Crippen MR) is 71.0 cm³/mol. The van der Waals surface area contributed by atoms with Gasteiger partial charge in [0.1, 0.15) is 0 Å². The molecule has 0 aromatic heterocycles.